The van der Waals surface area contributed by atoms with Gasteiger partial charge in [0.2, 0.25) is 11.8 Å². The lowest BCUT2D eigenvalue weighted by atomic mass is 10.2. The average Bonchev–Trinajstić information content (AvgIpc) is 3.15. The van der Waals surface area contributed by atoms with Crippen LogP contribution in [0, 0.1) is 6.92 Å². The van der Waals surface area contributed by atoms with Crippen molar-refractivity contribution in [2.45, 2.75) is 12.1 Å². The van der Waals surface area contributed by atoms with Gasteiger partial charge in [0.15, 0.2) is 5.13 Å². The van der Waals surface area contributed by atoms with Crippen molar-refractivity contribution in [1.29, 1.82) is 0 Å². The lowest BCUT2D eigenvalue weighted by Gasteiger charge is -1.99. The molecule has 3 rings (SSSR count). The molecule has 6 nitrogen and oxygen atoms in total. The summed E-state index contributed by atoms with van der Waals surface area (Å²) in [5, 5.41) is 13.9. The fraction of sp³-hybridized carbons (Fsp3) is 0.143. The van der Waals surface area contributed by atoms with Crippen molar-refractivity contribution in [3.05, 3.63) is 40.4 Å². The van der Waals surface area contributed by atoms with E-state index in [9.17, 15) is 4.79 Å². The zero-order chi connectivity index (χ0) is 16.2. The number of benzene rings is 1. The summed E-state index contributed by atoms with van der Waals surface area (Å²) in [7, 11) is 0. The molecule has 0 spiro atoms. The maximum atomic E-state index is 11.8. The second kappa shape index (κ2) is 7.12. The van der Waals surface area contributed by atoms with Crippen molar-refractivity contribution < 1.29 is 9.21 Å². The lowest BCUT2D eigenvalue weighted by Crippen LogP contribution is -2.13. The number of amides is 1. The molecule has 1 aromatic carbocycles. The summed E-state index contributed by atoms with van der Waals surface area (Å²) in [6.07, 6.45) is 0. The molecule has 23 heavy (non-hydrogen) atoms. The minimum Gasteiger partial charge on any atom is -0.411 e. The van der Waals surface area contributed by atoms with E-state index >= 15 is 0 Å². The van der Waals surface area contributed by atoms with Crippen LogP contribution in [0.1, 0.15) is 5.69 Å². The largest absolute Gasteiger partial charge is 0.411 e. The van der Waals surface area contributed by atoms with Crippen molar-refractivity contribution in [1.82, 2.24) is 15.2 Å². The first-order chi connectivity index (χ1) is 11.1. The van der Waals surface area contributed by atoms with E-state index in [0.717, 1.165) is 17.5 Å². The second-order valence-corrected chi connectivity index (χ2v) is 6.68. The summed E-state index contributed by atoms with van der Waals surface area (Å²) in [4.78, 5) is 16.0. The van der Waals surface area contributed by atoms with E-state index in [1.807, 2.05) is 24.4 Å². The van der Waals surface area contributed by atoms with Gasteiger partial charge < -0.3 is 9.73 Å². The number of thiazole rings is 1. The predicted octanol–water partition coefficient (Wildman–Crippen LogP) is 3.89. The Balaban J connectivity index is 1.59. The number of halogens is 1. The van der Waals surface area contributed by atoms with Gasteiger partial charge in [0.1, 0.15) is 0 Å². The highest BCUT2D eigenvalue weighted by atomic mass is 35.5. The molecule has 0 unspecified atom stereocenters. The van der Waals surface area contributed by atoms with E-state index in [1.165, 1.54) is 11.3 Å². The third kappa shape index (κ3) is 4.10. The lowest BCUT2D eigenvalue weighted by molar-refractivity contribution is -0.113. The van der Waals surface area contributed by atoms with Gasteiger partial charge in [-0.3, -0.25) is 4.79 Å². The van der Waals surface area contributed by atoms with E-state index in [1.54, 1.807) is 12.1 Å². The first kappa shape index (κ1) is 16.0. The first-order valence-corrected chi connectivity index (χ1v) is 8.79. The molecule has 2 aromatic heterocycles. The van der Waals surface area contributed by atoms with Gasteiger partial charge in [0.25, 0.3) is 5.22 Å². The normalized spacial score (nSPS) is 10.7. The van der Waals surface area contributed by atoms with Gasteiger partial charge in [-0.1, -0.05) is 35.5 Å². The highest BCUT2D eigenvalue weighted by Crippen LogP contribution is 2.28. The molecule has 0 aliphatic carbocycles. The molecule has 1 amide bonds. The Morgan fingerprint density at radius 3 is 2.96 bits per heavy atom. The molecule has 0 aliphatic heterocycles. The third-order valence-corrected chi connectivity index (χ3v) is 4.73. The van der Waals surface area contributed by atoms with Crippen LogP contribution in [0.4, 0.5) is 5.13 Å². The number of aryl methyl sites for hydroxylation is 1. The van der Waals surface area contributed by atoms with Gasteiger partial charge in [-0.25, -0.2) is 4.98 Å². The van der Waals surface area contributed by atoms with Gasteiger partial charge in [-0.05, 0) is 19.1 Å². The maximum absolute atomic E-state index is 11.8. The minimum atomic E-state index is -0.179. The van der Waals surface area contributed by atoms with Crippen molar-refractivity contribution >= 4 is 45.7 Å². The summed E-state index contributed by atoms with van der Waals surface area (Å²) < 4.78 is 5.52. The molecule has 0 saturated carbocycles. The zero-order valence-corrected chi connectivity index (χ0v) is 14.3. The molecule has 9 heteroatoms. The highest BCUT2D eigenvalue weighted by molar-refractivity contribution is 7.99. The highest BCUT2D eigenvalue weighted by Gasteiger charge is 2.13. The summed E-state index contributed by atoms with van der Waals surface area (Å²) >= 11 is 8.62. The number of carbonyl (C=O) groups is 1. The number of carbonyl (C=O) groups excluding carboxylic acids is 1. The van der Waals surface area contributed by atoms with Crippen molar-refractivity contribution in [3.63, 3.8) is 0 Å². The maximum Gasteiger partial charge on any atom is 0.277 e. The molecule has 0 atom stereocenters. The molecule has 0 bridgehead atoms. The van der Waals surface area contributed by atoms with Crippen LogP contribution in [0.3, 0.4) is 0 Å². The fourth-order valence-corrected chi connectivity index (χ4v) is 3.19. The van der Waals surface area contributed by atoms with E-state index < -0.39 is 0 Å². The Hall–Kier alpha value is -1.90. The summed E-state index contributed by atoms with van der Waals surface area (Å²) in [6.45, 7) is 1.87. The Morgan fingerprint density at radius 2 is 2.22 bits per heavy atom. The van der Waals surface area contributed by atoms with Gasteiger partial charge >= 0.3 is 0 Å². The van der Waals surface area contributed by atoms with Crippen LogP contribution in [0.15, 0.2) is 39.3 Å². The SMILES string of the molecule is Cc1csc(NC(=O)CSc2nnc(-c3ccccc3Cl)o2)n1. The van der Waals surface area contributed by atoms with Gasteiger partial charge in [0, 0.05) is 5.38 Å². The summed E-state index contributed by atoms with van der Waals surface area (Å²) in [5.74, 6) is 0.305. The Labute approximate surface area is 145 Å². The summed E-state index contributed by atoms with van der Waals surface area (Å²) in [6, 6.07) is 7.20. The average molecular weight is 367 g/mol. The number of nitrogens with zero attached hydrogens (tertiary/aromatic N) is 3. The molecular weight excluding hydrogens is 356 g/mol. The van der Waals surface area contributed by atoms with Crippen LogP contribution in [-0.4, -0.2) is 26.8 Å². The van der Waals surface area contributed by atoms with E-state index in [0.29, 0.717) is 26.8 Å². The van der Waals surface area contributed by atoms with Gasteiger partial charge in [-0.15, -0.1) is 21.5 Å². The van der Waals surface area contributed by atoms with Crippen LogP contribution < -0.4 is 5.32 Å². The molecule has 2 heterocycles. The molecule has 118 valence electrons. The fourth-order valence-electron chi connectivity index (χ4n) is 1.71. The van der Waals surface area contributed by atoms with Crippen molar-refractivity contribution in [2.24, 2.45) is 0 Å². The standard InChI is InChI=1S/C14H11ClN4O2S2/c1-8-6-22-13(16-8)17-11(20)7-23-14-19-18-12(21-14)9-4-2-3-5-10(9)15/h2-6H,7H2,1H3,(H,16,17,20). The monoisotopic (exact) mass is 366 g/mol. The van der Waals surface area contributed by atoms with Gasteiger partial charge in [0.05, 0.1) is 22.0 Å². The van der Waals surface area contributed by atoms with Crippen LogP contribution in [0.2, 0.25) is 5.02 Å². The number of thioether (sulfide) groups is 1. The predicted molar refractivity (Wildman–Crippen MR) is 90.9 cm³/mol. The molecule has 1 N–H and O–H groups in total. The number of hydrogen-bond acceptors (Lipinski definition) is 7. The number of nitrogens with one attached hydrogen (secondary N) is 1. The zero-order valence-electron chi connectivity index (χ0n) is 11.9. The number of hydrogen-bond donors (Lipinski definition) is 1. The minimum absolute atomic E-state index is 0.156. The molecule has 0 fully saturated rings. The smallest absolute Gasteiger partial charge is 0.277 e. The molecule has 3 aromatic rings. The third-order valence-electron chi connectivity index (χ3n) is 2.70. The first-order valence-electron chi connectivity index (χ1n) is 6.55. The van der Waals surface area contributed by atoms with Crippen LogP contribution in [0.5, 0.6) is 0 Å². The number of anilines is 1. The molecule has 0 aliphatic rings. The van der Waals surface area contributed by atoms with Crippen molar-refractivity contribution in [2.75, 3.05) is 11.1 Å². The Bertz CT molecular complexity index is 834. The van der Waals surface area contributed by atoms with Gasteiger partial charge in [-0.2, -0.15) is 0 Å². The topological polar surface area (TPSA) is 80.9 Å². The molecule has 0 saturated heterocycles. The van der Waals surface area contributed by atoms with Crippen LogP contribution >= 0.6 is 34.7 Å². The molecule has 0 radical (unpaired) electrons. The Morgan fingerprint density at radius 1 is 1.39 bits per heavy atom. The molecular formula is C14H11ClN4O2S2. The van der Waals surface area contributed by atoms with E-state index in [4.69, 9.17) is 16.0 Å². The quantitative estimate of drug-likeness (QED) is 0.690. The second-order valence-electron chi connectivity index (χ2n) is 4.48. The van der Waals surface area contributed by atoms with Crippen LogP contribution in [-0.2, 0) is 4.79 Å². The van der Waals surface area contributed by atoms with Crippen molar-refractivity contribution in [3.8, 4) is 11.5 Å². The Kier molecular flexibility index (Phi) is 4.94. The van der Waals surface area contributed by atoms with E-state index in [-0.39, 0.29) is 11.7 Å². The summed E-state index contributed by atoms with van der Waals surface area (Å²) in [5.41, 5.74) is 1.54. The number of rotatable bonds is 5. The van der Waals surface area contributed by atoms with E-state index in [2.05, 4.69) is 20.5 Å². The van der Waals surface area contributed by atoms with Crippen LogP contribution in [0.25, 0.3) is 11.5 Å². The number of aromatic nitrogens is 3.